The predicted molar refractivity (Wildman–Crippen MR) is 60.8 cm³/mol. The minimum Gasteiger partial charge on any atom is -0.463 e. The fraction of sp³-hybridized carbons (Fsp3) is 0.417. The van der Waals surface area contributed by atoms with E-state index in [1.165, 1.54) is 5.56 Å². The molecule has 80 valence electrons. The van der Waals surface area contributed by atoms with Gasteiger partial charge < -0.3 is 10.5 Å². The van der Waals surface area contributed by atoms with E-state index >= 15 is 0 Å². The second kappa shape index (κ2) is 4.34. The number of rotatable bonds is 3. The summed E-state index contributed by atoms with van der Waals surface area (Å²) in [6.07, 6.45) is 0.991. The minimum atomic E-state index is 0.222. The Labute approximate surface area is 90.0 Å². The third kappa shape index (κ3) is 2.49. The monoisotopic (exact) mass is 204 g/mol. The van der Waals surface area contributed by atoms with Crippen molar-refractivity contribution in [3.63, 3.8) is 0 Å². The largest absolute Gasteiger partial charge is 0.463 e. The number of amidine groups is 1. The van der Waals surface area contributed by atoms with Crippen molar-refractivity contribution >= 4 is 6.02 Å². The lowest BCUT2D eigenvalue weighted by Gasteiger charge is -2.13. The molecule has 1 unspecified atom stereocenters. The molecule has 0 radical (unpaired) electrons. The summed E-state index contributed by atoms with van der Waals surface area (Å²) >= 11 is 0. The summed E-state index contributed by atoms with van der Waals surface area (Å²) in [5.74, 6) is 0.495. The lowest BCUT2D eigenvalue weighted by atomic mass is 9.94. The van der Waals surface area contributed by atoms with Crippen LogP contribution in [0.3, 0.4) is 0 Å². The van der Waals surface area contributed by atoms with E-state index in [-0.39, 0.29) is 6.04 Å². The van der Waals surface area contributed by atoms with Crippen molar-refractivity contribution in [3.8, 4) is 0 Å². The van der Waals surface area contributed by atoms with Gasteiger partial charge in [0.25, 0.3) is 6.02 Å². The van der Waals surface area contributed by atoms with Gasteiger partial charge in [0.2, 0.25) is 0 Å². The molecule has 2 rings (SSSR count). The maximum absolute atomic E-state index is 5.47. The highest BCUT2D eigenvalue weighted by Crippen LogP contribution is 2.23. The maximum Gasteiger partial charge on any atom is 0.282 e. The Balaban J connectivity index is 1.96. The van der Waals surface area contributed by atoms with Crippen LogP contribution in [-0.4, -0.2) is 18.7 Å². The summed E-state index contributed by atoms with van der Waals surface area (Å²) in [6, 6.07) is 11.0. The van der Waals surface area contributed by atoms with E-state index in [9.17, 15) is 0 Å². The molecule has 3 heteroatoms. The quantitative estimate of drug-likeness (QED) is 0.817. The third-order valence-electron chi connectivity index (χ3n) is 2.73. The molecule has 0 saturated heterocycles. The zero-order valence-electron chi connectivity index (χ0n) is 8.89. The van der Waals surface area contributed by atoms with E-state index in [1.54, 1.807) is 0 Å². The van der Waals surface area contributed by atoms with Gasteiger partial charge in [-0.05, 0) is 17.9 Å². The Bertz CT molecular complexity index is 348. The number of hydrogen-bond acceptors (Lipinski definition) is 3. The zero-order chi connectivity index (χ0) is 10.7. The third-order valence-corrected chi connectivity index (χ3v) is 2.73. The summed E-state index contributed by atoms with van der Waals surface area (Å²) in [6.45, 7) is 2.84. The molecule has 0 aliphatic carbocycles. The minimum absolute atomic E-state index is 0.222. The smallest absolute Gasteiger partial charge is 0.282 e. The second-order valence-electron chi connectivity index (χ2n) is 3.98. The van der Waals surface area contributed by atoms with Crippen LogP contribution in [0.1, 0.15) is 24.8 Å². The normalized spacial score (nSPS) is 21.9. The van der Waals surface area contributed by atoms with Crippen LogP contribution < -0.4 is 5.73 Å². The van der Waals surface area contributed by atoms with E-state index in [2.05, 4.69) is 36.2 Å². The molecule has 2 N–H and O–H groups in total. The number of benzene rings is 1. The molecule has 1 aromatic rings. The highest BCUT2D eigenvalue weighted by Gasteiger charge is 2.19. The molecule has 1 heterocycles. The number of aliphatic imine (C=N–C) groups is 1. The molecular weight excluding hydrogens is 188 g/mol. The standard InChI is InChI=1S/C12H16N2O/c1-9(10-5-3-2-4-6-10)7-11-8-15-12(13)14-11/h2-6,9,11H,7-8H2,1H3,(H2,13,14)/t9?,11-/m0/s1. The second-order valence-corrected chi connectivity index (χ2v) is 3.98. The van der Waals surface area contributed by atoms with Crippen LogP contribution in [-0.2, 0) is 4.74 Å². The highest BCUT2D eigenvalue weighted by molar-refractivity contribution is 5.73. The van der Waals surface area contributed by atoms with Crippen molar-refractivity contribution in [2.24, 2.45) is 10.7 Å². The molecule has 0 amide bonds. The number of nitrogens with zero attached hydrogens (tertiary/aromatic N) is 1. The molecule has 3 nitrogen and oxygen atoms in total. The van der Waals surface area contributed by atoms with Crippen molar-refractivity contribution < 1.29 is 4.74 Å². The van der Waals surface area contributed by atoms with Gasteiger partial charge >= 0.3 is 0 Å². The van der Waals surface area contributed by atoms with Crippen LogP contribution in [0.5, 0.6) is 0 Å². The van der Waals surface area contributed by atoms with Crippen molar-refractivity contribution in [2.45, 2.75) is 25.3 Å². The Morgan fingerprint density at radius 2 is 2.20 bits per heavy atom. The lowest BCUT2D eigenvalue weighted by molar-refractivity contribution is 0.303. The number of ether oxygens (including phenoxy) is 1. The molecule has 0 fully saturated rings. The SMILES string of the molecule is CC(C[C@H]1COC(N)=N1)c1ccccc1. The van der Waals surface area contributed by atoms with Gasteiger partial charge in [0.15, 0.2) is 0 Å². The Morgan fingerprint density at radius 1 is 1.47 bits per heavy atom. The van der Waals surface area contributed by atoms with Crippen LogP contribution in [0, 0.1) is 0 Å². The Hall–Kier alpha value is -1.51. The van der Waals surface area contributed by atoms with Crippen molar-refractivity contribution in [2.75, 3.05) is 6.61 Å². The Kier molecular flexibility index (Phi) is 2.90. The first-order chi connectivity index (χ1) is 7.25. The van der Waals surface area contributed by atoms with Gasteiger partial charge in [-0.2, -0.15) is 0 Å². The highest BCUT2D eigenvalue weighted by atomic mass is 16.5. The molecule has 0 saturated carbocycles. The van der Waals surface area contributed by atoms with E-state index in [0.717, 1.165) is 6.42 Å². The van der Waals surface area contributed by atoms with Crippen molar-refractivity contribution in [1.29, 1.82) is 0 Å². The summed E-state index contributed by atoms with van der Waals surface area (Å²) in [5.41, 5.74) is 6.81. The molecule has 2 atom stereocenters. The lowest BCUT2D eigenvalue weighted by Crippen LogP contribution is -2.11. The molecule has 0 bridgehead atoms. The molecule has 0 aromatic heterocycles. The summed E-state index contributed by atoms with van der Waals surface area (Å²) in [5, 5.41) is 0. The predicted octanol–water partition coefficient (Wildman–Crippen LogP) is 1.89. The van der Waals surface area contributed by atoms with Gasteiger partial charge in [-0.1, -0.05) is 37.3 Å². The maximum atomic E-state index is 5.47. The Morgan fingerprint density at radius 3 is 2.80 bits per heavy atom. The van der Waals surface area contributed by atoms with Gasteiger partial charge in [-0.25, -0.2) is 4.99 Å². The van der Waals surface area contributed by atoms with Crippen molar-refractivity contribution in [3.05, 3.63) is 35.9 Å². The first-order valence-corrected chi connectivity index (χ1v) is 5.26. The van der Waals surface area contributed by atoms with E-state index in [0.29, 0.717) is 18.5 Å². The van der Waals surface area contributed by atoms with Crippen molar-refractivity contribution in [1.82, 2.24) is 0 Å². The fourth-order valence-electron chi connectivity index (χ4n) is 1.88. The fourth-order valence-corrected chi connectivity index (χ4v) is 1.88. The molecular formula is C12H16N2O. The van der Waals surface area contributed by atoms with Crippen LogP contribution in [0.15, 0.2) is 35.3 Å². The van der Waals surface area contributed by atoms with E-state index in [4.69, 9.17) is 10.5 Å². The molecule has 15 heavy (non-hydrogen) atoms. The van der Waals surface area contributed by atoms with E-state index in [1.807, 2.05) is 6.07 Å². The van der Waals surface area contributed by atoms with Gasteiger partial charge in [0, 0.05) is 0 Å². The average Bonchev–Trinajstić information content (AvgIpc) is 2.65. The average molecular weight is 204 g/mol. The van der Waals surface area contributed by atoms with Gasteiger partial charge in [-0.15, -0.1) is 0 Å². The molecule has 1 aliphatic rings. The van der Waals surface area contributed by atoms with Crippen LogP contribution >= 0.6 is 0 Å². The summed E-state index contributed by atoms with van der Waals surface area (Å²) in [7, 11) is 0. The summed E-state index contributed by atoms with van der Waals surface area (Å²) in [4.78, 5) is 4.23. The zero-order valence-corrected chi connectivity index (χ0v) is 8.89. The van der Waals surface area contributed by atoms with Gasteiger partial charge in [0.1, 0.15) is 6.61 Å². The molecule has 1 aliphatic heterocycles. The number of hydrogen-bond donors (Lipinski definition) is 1. The van der Waals surface area contributed by atoms with Crippen LogP contribution in [0.2, 0.25) is 0 Å². The van der Waals surface area contributed by atoms with Crippen LogP contribution in [0.25, 0.3) is 0 Å². The van der Waals surface area contributed by atoms with Gasteiger partial charge in [0.05, 0.1) is 6.04 Å². The van der Waals surface area contributed by atoms with E-state index < -0.39 is 0 Å². The van der Waals surface area contributed by atoms with Gasteiger partial charge in [-0.3, -0.25) is 0 Å². The first-order valence-electron chi connectivity index (χ1n) is 5.26. The topological polar surface area (TPSA) is 47.6 Å². The number of nitrogens with two attached hydrogens (primary N) is 1. The molecule has 0 spiro atoms. The van der Waals surface area contributed by atoms with Crippen LogP contribution in [0.4, 0.5) is 0 Å². The summed E-state index contributed by atoms with van der Waals surface area (Å²) < 4.78 is 5.13. The molecule has 1 aromatic carbocycles. The first kappa shape index (κ1) is 10.0.